The Labute approximate surface area is 118 Å². The third kappa shape index (κ3) is 2.66. The fourth-order valence-corrected chi connectivity index (χ4v) is 2.45. The Bertz CT molecular complexity index is 574. The Morgan fingerprint density at radius 2 is 1.83 bits per heavy atom. The van der Waals surface area contributed by atoms with E-state index in [4.69, 9.17) is 11.6 Å². The number of carboxylic acid groups (broad SMARTS) is 1. The lowest BCUT2D eigenvalue weighted by Gasteiger charge is -2.20. The van der Waals surface area contributed by atoms with Gasteiger partial charge in [-0.25, -0.2) is 9.69 Å². The quantitative estimate of drug-likeness (QED) is 0.851. The van der Waals surface area contributed by atoms with Crippen molar-refractivity contribution in [2.75, 3.05) is 4.90 Å². The lowest BCUT2D eigenvalue weighted by molar-refractivity contribution is 0.205. The van der Waals surface area contributed by atoms with E-state index in [-0.39, 0.29) is 0 Å². The molecule has 2 aromatic carbocycles. The second-order valence-corrected chi connectivity index (χ2v) is 4.84. The van der Waals surface area contributed by atoms with Crippen LogP contribution >= 0.6 is 27.5 Å². The van der Waals surface area contributed by atoms with Crippen molar-refractivity contribution in [3.63, 3.8) is 0 Å². The number of rotatable bonds is 2. The molecule has 92 valence electrons. The zero-order valence-electron chi connectivity index (χ0n) is 9.18. The average Bonchev–Trinajstić information content (AvgIpc) is 2.33. The smallest absolute Gasteiger partial charge is 0.416 e. The van der Waals surface area contributed by atoms with Crippen LogP contribution < -0.4 is 4.90 Å². The molecule has 0 saturated heterocycles. The molecule has 0 unspecified atom stereocenters. The molecule has 3 nitrogen and oxygen atoms in total. The van der Waals surface area contributed by atoms with Gasteiger partial charge in [-0.3, -0.25) is 0 Å². The first kappa shape index (κ1) is 12.9. The number of nitrogens with zero attached hydrogens (tertiary/aromatic N) is 1. The third-order valence-electron chi connectivity index (χ3n) is 2.36. The highest BCUT2D eigenvalue weighted by molar-refractivity contribution is 9.10. The maximum absolute atomic E-state index is 11.4. The van der Waals surface area contributed by atoms with E-state index in [0.717, 1.165) is 0 Å². The van der Waals surface area contributed by atoms with Gasteiger partial charge in [0.15, 0.2) is 0 Å². The molecule has 18 heavy (non-hydrogen) atoms. The zero-order valence-corrected chi connectivity index (χ0v) is 11.5. The molecule has 0 aliphatic carbocycles. The summed E-state index contributed by atoms with van der Waals surface area (Å²) in [5.74, 6) is 0. The zero-order chi connectivity index (χ0) is 13.1. The normalized spacial score (nSPS) is 10.1. The van der Waals surface area contributed by atoms with E-state index in [1.54, 1.807) is 42.5 Å². The monoisotopic (exact) mass is 325 g/mol. The molecule has 2 aromatic rings. The number of benzene rings is 2. The molecule has 0 radical (unpaired) electrons. The summed E-state index contributed by atoms with van der Waals surface area (Å²) in [7, 11) is 0. The van der Waals surface area contributed by atoms with Gasteiger partial charge in [-0.15, -0.1) is 0 Å². The van der Waals surface area contributed by atoms with Crippen LogP contribution in [0.5, 0.6) is 0 Å². The fourth-order valence-electron chi connectivity index (χ4n) is 1.59. The first-order valence-corrected chi connectivity index (χ1v) is 6.30. The van der Waals surface area contributed by atoms with Crippen molar-refractivity contribution < 1.29 is 9.90 Å². The summed E-state index contributed by atoms with van der Waals surface area (Å²) in [4.78, 5) is 12.6. The number of hydrogen-bond donors (Lipinski definition) is 1. The first-order valence-electron chi connectivity index (χ1n) is 5.13. The van der Waals surface area contributed by atoms with Gasteiger partial charge in [-0.2, -0.15) is 0 Å². The fraction of sp³-hybridized carbons (Fsp3) is 0. The van der Waals surface area contributed by atoms with E-state index in [2.05, 4.69) is 15.9 Å². The Hall–Kier alpha value is -1.52. The minimum absolute atomic E-state index is 0.526. The van der Waals surface area contributed by atoms with Crippen LogP contribution in [0.25, 0.3) is 0 Å². The van der Waals surface area contributed by atoms with E-state index in [1.165, 1.54) is 4.90 Å². The van der Waals surface area contributed by atoms with E-state index >= 15 is 0 Å². The number of anilines is 2. The van der Waals surface area contributed by atoms with Gasteiger partial charge in [0, 0.05) is 9.50 Å². The SMILES string of the molecule is O=C(O)N(c1ccccc1)c1ccc(Cl)cc1Br. The topological polar surface area (TPSA) is 40.5 Å². The molecule has 0 atom stereocenters. The highest BCUT2D eigenvalue weighted by Gasteiger charge is 2.19. The molecule has 0 fully saturated rings. The van der Waals surface area contributed by atoms with E-state index in [9.17, 15) is 9.90 Å². The maximum atomic E-state index is 11.4. The van der Waals surface area contributed by atoms with Crippen molar-refractivity contribution in [2.24, 2.45) is 0 Å². The summed E-state index contributed by atoms with van der Waals surface area (Å²) < 4.78 is 0.626. The number of para-hydroxylation sites is 1. The number of hydrogen-bond acceptors (Lipinski definition) is 1. The van der Waals surface area contributed by atoms with Crippen LogP contribution in [-0.2, 0) is 0 Å². The van der Waals surface area contributed by atoms with Crippen LogP contribution in [-0.4, -0.2) is 11.2 Å². The van der Waals surface area contributed by atoms with E-state index in [0.29, 0.717) is 20.9 Å². The van der Waals surface area contributed by atoms with Crippen molar-refractivity contribution in [3.05, 3.63) is 58.0 Å². The average molecular weight is 327 g/mol. The lowest BCUT2D eigenvalue weighted by Crippen LogP contribution is -2.23. The van der Waals surface area contributed by atoms with Gasteiger partial charge >= 0.3 is 6.09 Å². The number of halogens is 2. The Morgan fingerprint density at radius 1 is 1.17 bits per heavy atom. The van der Waals surface area contributed by atoms with Crippen LogP contribution in [0.3, 0.4) is 0 Å². The molecule has 0 bridgehead atoms. The Morgan fingerprint density at radius 3 is 2.39 bits per heavy atom. The van der Waals surface area contributed by atoms with Crippen LogP contribution in [0.2, 0.25) is 5.02 Å². The Balaban J connectivity index is 2.52. The molecule has 2 rings (SSSR count). The number of amides is 1. The first-order chi connectivity index (χ1) is 8.59. The standard InChI is InChI=1S/C13H9BrClNO2/c14-11-8-9(15)6-7-12(11)16(13(17)18)10-4-2-1-3-5-10/h1-8H,(H,17,18). The van der Waals surface area contributed by atoms with Crippen molar-refractivity contribution in [2.45, 2.75) is 0 Å². The van der Waals surface area contributed by atoms with Crippen molar-refractivity contribution >= 4 is 45.0 Å². The predicted octanol–water partition coefficient (Wildman–Crippen LogP) is 4.92. The van der Waals surface area contributed by atoms with Crippen LogP contribution in [0, 0.1) is 0 Å². The summed E-state index contributed by atoms with van der Waals surface area (Å²) in [6.45, 7) is 0. The molecular formula is C13H9BrClNO2. The molecule has 1 N–H and O–H groups in total. The molecular weight excluding hydrogens is 318 g/mol. The van der Waals surface area contributed by atoms with Gasteiger partial charge in [0.25, 0.3) is 0 Å². The van der Waals surface area contributed by atoms with Crippen LogP contribution in [0.4, 0.5) is 16.2 Å². The molecule has 1 amide bonds. The molecule has 5 heteroatoms. The van der Waals surface area contributed by atoms with Crippen LogP contribution in [0.1, 0.15) is 0 Å². The largest absolute Gasteiger partial charge is 0.464 e. The predicted molar refractivity (Wildman–Crippen MR) is 75.8 cm³/mol. The minimum Gasteiger partial charge on any atom is -0.464 e. The van der Waals surface area contributed by atoms with Gasteiger partial charge < -0.3 is 5.11 Å². The highest BCUT2D eigenvalue weighted by atomic mass is 79.9. The van der Waals surface area contributed by atoms with E-state index in [1.807, 2.05) is 6.07 Å². The molecule has 0 aliphatic rings. The van der Waals surface area contributed by atoms with Gasteiger partial charge in [-0.05, 0) is 46.3 Å². The summed E-state index contributed by atoms with van der Waals surface area (Å²) in [5, 5.41) is 9.89. The summed E-state index contributed by atoms with van der Waals surface area (Å²) >= 11 is 9.18. The van der Waals surface area contributed by atoms with Crippen molar-refractivity contribution in [3.8, 4) is 0 Å². The van der Waals surface area contributed by atoms with Gasteiger partial charge in [0.1, 0.15) is 0 Å². The van der Waals surface area contributed by atoms with Crippen molar-refractivity contribution in [1.29, 1.82) is 0 Å². The second-order valence-electron chi connectivity index (χ2n) is 3.55. The maximum Gasteiger partial charge on any atom is 0.416 e. The molecule has 0 spiro atoms. The lowest BCUT2D eigenvalue weighted by atomic mass is 10.2. The number of carbonyl (C=O) groups is 1. The highest BCUT2D eigenvalue weighted by Crippen LogP contribution is 2.33. The third-order valence-corrected chi connectivity index (χ3v) is 3.23. The summed E-state index contributed by atoms with van der Waals surface area (Å²) in [5.41, 5.74) is 1.10. The van der Waals surface area contributed by atoms with Gasteiger partial charge in [0.2, 0.25) is 0 Å². The molecule has 0 aromatic heterocycles. The molecule has 0 aliphatic heterocycles. The minimum atomic E-state index is -1.05. The van der Waals surface area contributed by atoms with Crippen molar-refractivity contribution in [1.82, 2.24) is 0 Å². The van der Waals surface area contributed by atoms with E-state index < -0.39 is 6.09 Å². The second kappa shape index (κ2) is 5.42. The van der Waals surface area contributed by atoms with Gasteiger partial charge in [-0.1, -0.05) is 29.8 Å². The van der Waals surface area contributed by atoms with Gasteiger partial charge in [0.05, 0.1) is 11.4 Å². The Kier molecular flexibility index (Phi) is 3.89. The summed E-state index contributed by atoms with van der Waals surface area (Å²) in [6.07, 6.45) is -1.05. The molecule has 0 heterocycles. The molecule has 0 saturated carbocycles. The summed E-state index contributed by atoms with van der Waals surface area (Å²) in [6, 6.07) is 13.8. The van der Waals surface area contributed by atoms with Crippen LogP contribution in [0.15, 0.2) is 53.0 Å².